The largest absolute Gasteiger partial charge is 0.495 e. The van der Waals surface area contributed by atoms with Crippen LogP contribution in [0.4, 0.5) is 11.4 Å². The zero-order valence-electron chi connectivity index (χ0n) is 14.3. The Morgan fingerprint density at radius 1 is 1.19 bits per heavy atom. The molecule has 3 rings (SSSR count). The second kappa shape index (κ2) is 7.12. The maximum absolute atomic E-state index is 12.4. The number of benzene rings is 2. The molecule has 0 bridgehead atoms. The van der Waals surface area contributed by atoms with Crippen molar-refractivity contribution in [1.82, 2.24) is 0 Å². The van der Waals surface area contributed by atoms with Gasteiger partial charge in [0, 0.05) is 6.07 Å². The van der Waals surface area contributed by atoms with Crippen LogP contribution in [-0.2, 0) is 14.8 Å². The number of anilines is 2. The van der Waals surface area contributed by atoms with Crippen molar-refractivity contribution in [3.8, 4) is 17.2 Å². The number of hydrogen-bond acceptors (Lipinski definition) is 6. The molecule has 1 amide bonds. The third-order valence-electron chi connectivity index (χ3n) is 3.71. The zero-order chi connectivity index (χ0) is 18.7. The van der Waals surface area contributed by atoms with E-state index in [-0.39, 0.29) is 6.79 Å². The number of nitrogens with one attached hydrogen (secondary N) is 1. The fourth-order valence-corrected chi connectivity index (χ4v) is 3.36. The first kappa shape index (κ1) is 17.9. The molecule has 138 valence electrons. The minimum Gasteiger partial charge on any atom is -0.495 e. The molecule has 2 aromatic carbocycles. The van der Waals surface area contributed by atoms with E-state index in [2.05, 4.69) is 5.32 Å². The highest BCUT2D eigenvalue weighted by atomic mass is 32.2. The Kier molecular flexibility index (Phi) is 4.90. The number of para-hydroxylation sites is 2. The topological polar surface area (TPSA) is 94.2 Å². The molecule has 8 nitrogen and oxygen atoms in total. The Hall–Kier alpha value is -2.94. The molecule has 0 spiro atoms. The number of nitrogens with zero attached hydrogens (tertiary/aromatic N) is 1. The van der Waals surface area contributed by atoms with Crippen LogP contribution in [0.5, 0.6) is 17.2 Å². The predicted molar refractivity (Wildman–Crippen MR) is 96.4 cm³/mol. The minimum absolute atomic E-state index is 0.0753. The number of rotatable bonds is 6. The molecule has 0 saturated carbocycles. The van der Waals surface area contributed by atoms with E-state index in [1.807, 2.05) is 0 Å². The second-order valence-electron chi connectivity index (χ2n) is 5.56. The SMILES string of the molecule is COc1ccccc1NC(=O)CN(c1ccc2c(c1)OCO2)S(C)(=O)=O. The lowest BCUT2D eigenvalue weighted by atomic mass is 10.2. The molecule has 1 N–H and O–H groups in total. The van der Waals surface area contributed by atoms with E-state index in [4.69, 9.17) is 14.2 Å². The van der Waals surface area contributed by atoms with Gasteiger partial charge in [-0.15, -0.1) is 0 Å². The number of methoxy groups -OCH3 is 1. The number of carbonyl (C=O) groups is 1. The first-order valence-electron chi connectivity index (χ1n) is 7.69. The van der Waals surface area contributed by atoms with E-state index in [9.17, 15) is 13.2 Å². The van der Waals surface area contributed by atoms with E-state index in [1.165, 1.54) is 13.2 Å². The average molecular weight is 378 g/mol. The van der Waals surface area contributed by atoms with Crippen LogP contribution in [0.1, 0.15) is 0 Å². The lowest BCUT2D eigenvalue weighted by molar-refractivity contribution is -0.114. The summed E-state index contributed by atoms with van der Waals surface area (Å²) in [6.07, 6.45) is 1.04. The van der Waals surface area contributed by atoms with E-state index >= 15 is 0 Å². The van der Waals surface area contributed by atoms with Gasteiger partial charge >= 0.3 is 0 Å². The van der Waals surface area contributed by atoms with Gasteiger partial charge in [-0.3, -0.25) is 9.10 Å². The van der Waals surface area contributed by atoms with Crippen molar-refractivity contribution >= 4 is 27.3 Å². The average Bonchev–Trinajstić information content (AvgIpc) is 3.07. The standard InChI is InChI=1S/C17H18N2O6S/c1-23-14-6-4-3-5-13(14)18-17(20)10-19(26(2,21)22)12-7-8-15-16(9-12)25-11-24-15/h3-9H,10-11H2,1-2H3,(H,18,20). The number of sulfonamides is 1. The molecule has 0 unspecified atom stereocenters. The van der Waals surface area contributed by atoms with E-state index in [0.29, 0.717) is 28.6 Å². The molecule has 2 aromatic rings. The van der Waals surface area contributed by atoms with Gasteiger partial charge in [-0.2, -0.15) is 0 Å². The highest BCUT2D eigenvalue weighted by molar-refractivity contribution is 7.92. The Labute approximate surface area is 151 Å². The summed E-state index contributed by atoms with van der Waals surface area (Å²) in [5.74, 6) is 0.939. The second-order valence-corrected chi connectivity index (χ2v) is 7.46. The summed E-state index contributed by atoms with van der Waals surface area (Å²) in [6.45, 7) is -0.317. The van der Waals surface area contributed by atoms with Crippen molar-refractivity contribution in [3.05, 3.63) is 42.5 Å². The van der Waals surface area contributed by atoms with Crippen LogP contribution < -0.4 is 23.8 Å². The number of amides is 1. The normalized spacial score (nSPS) is 12.5. The molecule has 1 aliphatic heterocycles. The molecular weight excluding hydrogens is 360 g/mol. The van der Waals surface area contributed by atoms with E-state index in [1.54, 1.807) is 36.4 Å². The van der Waals surface area contributed by atoms with Crippen LogP contribution in [0, 0.1) is 0 Å². The monoisotopic (exact) mass is 378 g/mol. The molecule has 0 aliphatic carbocycles. The summed E-state index contributed by atoms with van der Waals surface area (Å²) in [7, 11) is -2.21. The van der Waals surface area contributed by atoms with Gasteiger partial charge in [0.05, 0.1) is 24.7 Å². The Balaban J connectivity index is 1.82. The molecule has 1 aliphatic rings. The van der Waals surface area contributed by atoms with Gasteiger partial charge in [0.25, 0.3) is 0 Å². The Morgan fingerprint density at radius 3 is 2.65 bits per heavy atom. The summed E-state index contributed by atoms with van der Waals surface area (Å²) in [5.41, 5.74) is 0.770. The fraction of sp³-hybridized carbons (Fsp3) is 0.235. The zero-order valence-corrected chi connectivity index (χ0v) is 15.1. The van der Waals surface area contributed by atoms with Crippen molar-refractivity contribution < 1.29 is 27.4 Å². The summed E-state index contributed by atoms with van der Waals surface area (Å²) < 4.78 is 41.1. The van der Waals surface area contributed by atoms with Crippen LogP contribution in [0.3, 0.4) is 0 Å². The van der Waals surface area contributed by atoms with Gasteiger partial charge in [0.15, 0.2) is 11.5 Å². The first-order valence-corrected chi connectivity index (χ1v) is 9.53. The maximum Gasteiger partial charge on any atom is 0.245 e. The lowest BCUT2D eigenvalue weighted by Crippen LogP contribution is -2.37. The number of carbonyl (C=O) groups excluding carboxylic acids is 1. The molecule has 1 heterocycles. The molecule has 0 atom stereocenters. The third-order valence-corrected chi connectivity index (χ3v) is 4.85. The predicted octanol–water partition coefficient (Wildman–Crippen LogP) is 1.83. The van der Waals surface area contributed by atoms with Crippen molar-refractivity contribution in [2.24, 2.45) is 0 Å². The van der Waals surface area contributed by atoms with Crippen molar-refractivity contribution in [1.29, 1.82) is 0 Å². The van der Waals surface area contributed by atoms with Crippen molar-refractivity contribution in [3.63, 3.8) is 0 Å². The van der Waals surface area contributed by atoms with Crippen LogP contribution in [0.2, 0.25) is 0 Å². The molecule has 0 aromatic heterocycles. The van der Waals surface area contributed by atoms with Crippen LogP contribution >= 0.6 is 0 Å². The van der Waals surface area contributed by atoms with Crippen LogP contribution in [0.15, 0.2) is 42.5 Å². The van der Waals surface area contributed by atoms with Gasteiger partial charge in [-0.1, -0.05) is 12.1 Å². The molecule has 0 radical (unpaired) electrons. The molecule has 9 heteroatoms. The maximum atomic E-state index is 12.4. The fourth-order valence-electron chi connectivity index (χ4n) is 2.51. The number of ether oxygens (including phenoxy) is 3. The van der Waals surface area contributed by atoms with Crippen LogP contribution in [-0.4, -0.2) is 41.0 Å². The molecule has 26 heavy (non-hydrogen) atoms. The van der Waals surface area contributed by atoms with Gasteiger partial charge in [0.2, 0.25) is 22.7 Å². The highest BCUT2D eigenvalue weighted by Gasteiger charge is 2.24. The Morgan fingerprint density at radius 2 is 1.92 bits per heavy atom. The lowest BCUT2D eigenvalue weighted by Gasteiger charge is -2.22. The number of fused-ring (bicyclic) bond motifs is 1. The van der Waals surface area contributed by atoms with E-state index < -0.39 is 22.5 Å². The summed E-state index contributed by atoms with van der Waals surface area (Å²) in [5, 5.41) is 2.66. The third kappa shape index (κ3) is 3.83. The van der Waals surface area contributed by atoms with Crippen LogP contribution in [0.25, 0.3) is 0 Å². The molecule has 0 fully saturated rings. The van der Waals surface area contributed by atoms with Gasteiger partial charge in [-0.25, -0.2) is 8.42 Å². The molecule has 0 saturated heterocycles. The quantitative estimate of drug-likeness (QED) is 0.824. The first-order chi connectivity index (χ1) is 12.4. The van der Waals surface area contributed by atoms with Gasteiger partial charge in [-0.05, 0) is 24.3 Å². The number of hydrogen-bond donors (Lipinski definition) is 1. The summed E-state index contributed by atoms with van der Waals surface area (Å²) in [6, 6.07) is 11.6. The van der Waals surface area contributed by atoms with Gasteiger partial charge < -0.3 is 19.5 Å². The summed E-state index contributed by atoms with van der Waals surface area (Å²) >= 11 is 0. The van der Waals surface area contributed by atoms with Crippen molar-refractivity contribution in [2.75, 3.05) is 36.3 Å². The highest BCUT2D eigenvalue weighted by Crippen LogP contribution is 2.36. The molecular formula is C17H18N2O6S. The minimum atomic E-state index is -3.69. The Bertz CT molecular complexity index is 929. The van der Waals surface area contributed by atoms with Crippen molar-refractivity contribution in [2.45, 2.75) is 0 Å². The van der Waals surface area contributed by atoms with Gasteiger partial charge in [0.1, 0.15) is 12.3 Å². The summed E-state index contributed by atoms with van der Waals surface area (Å²) in [4.78, 5) is 12.4. The smallest absolute Gasteiger partial charge is 0.245 e. The van der Waals surface area contributed by atoms with E-state index in [0.717, 1.165) is 10.6 Å².